The molecule has 2 nitrogen and oxygen atoms in total. The molecular weight excluding hydrogens is 266 g/mol. The molecule has 0 radical (unpaired) electrons. The van der Waals surface area contributed by atoms with Crippen molar-refractivity contribution in [1.82, 2.24) is 0 Å². The van der Waals surface area contributed by atoms with Gasteiger partial charge in [-0.05, 0) is 41.1 Å². The minimum Gasteiger partial charge on any atom is -0.497 e. The highest BCUT2D eigenvalue weighted by Gasteiger charge is 2.16. The van der Waals surface area contributed by atoms with Gasteiger partial charge in [0.2, 0.25) is 0 Å². The standard InChI is InChI=1S/C17H13NOS/c1-19-13-6-7-14-17(10-13)20-16-9-12-5-3-2-4-11(12)8-15(16)18-14/h2-10,18H,1H3. The van der Waals surface area contributed by atoms with Crippen molar-refractivity contribution in [2.45, 2.75) is 9.79 Å². The Morgan fingerprint density at radius 2 is 1.60 bits per heavy atom. The molecule has 1 N–H and O–H groups in total. The number of methoxy groups -OCH3 is 1. The van der Waals surface area contributed by atoms with Gasteiger partial charge in [-0.1, -0.05) is 36.0 Å². The number of rotatable bonds is 1. The molecule has 98 valence electrons. The van der Waals surface area contributed by atoms with Crippen LogP contribution in [0, 0.1) is 0 Å². The first-order chi connectivity index (χ1) is 9.83. The highest BCUT2D eigenvalue weighted by molar-refractivity contribution is 7.99. The zero-order valence-corrected chi connectivity index (χ0v) is 11.8. The van der Waals surface area contributed by atoms with E-state index in [4.69, 9.17) is 4.74 Å². The maximum Gasteiger partial charge on any atom is 0.120 e. The highest BCUT2D eigenvalue weighted by Crippen LogP contribution is 2.46. The summed E-state index contributed by atoms with van der Waals surface area (Å²) >= 11 is 1.78. The van der Waals surface area contributed by atoms with Gasteiger partial charge in [0.25, 0.3) is 0 Å². The molecule has 0 atom stereocenters. The maximum absolute atomic E-state index is 5.30. The van der Waals surface area contributed by atoms with Crippen LogP contribution in [0.2, 0.25) is 0 Å². The predicted octanol–water partition coefficient (Wildman–Crippen LogP) is 5.06. The molecule has 0 aromatic heterocycles. The van der Waals surface area contributed by atoms with Gasteiger partial charge in [-0.3, -0.25) is 0 Å². The molecule has 3 aromatic carbocycles. The number of fused-ring (bicyclic) bond motifs is 3. The minimum atomic E-state index is 0.891. The van der Waals surface area contributed by atoms with Gasteiger partial charge in [0.1, 0.15) is 5.75 Å². The van der Waals surface area contributed by atoms with Gasteiger partial charge in [-0.2, -0.15) is 0 Å². The molecule has 1 heterocycles. The summed E-state index contributed by atoms with van der Waals surface area (Å²) in [4.78, 5) is 2.46. The van der Waals surface area contributed by atoms with Gasteiger partial charge in [-0.15, -0.1) is 0 Å². The lowest BCUT2D eigenvalue weighted by Crippen LogP contribution is -2.00. The average Bonchev–Trinajstić information content (AvgIpc) is 2.50. The summed E-state index contributed by atoms with van der Waals surface area (Å²) in [6.45, 7) is 0. The van der Waals surface area contributed by atoms with Crippen LogP contribution in [0.25, 0.3) is 10.8 Å². The van der Waals surface area contributed by atoms with Crippen molar-refractivity contribution in [2.24, 2.45) is 0 Å². The van der Waals surface area contributed by atoms with E-state index in [2.05, 4.69) is 53.8 Å². The Morgan fingerprint density at radius 1 is 0.850 bits per heavy atom. The van der Waals surface area contributed by atoms with E-state index in [0.29, 0.717) is 0 Å². The Kier molecular flexibility index (Phi) is 2.60. The van der Waals surface area contributed by atoms with E-state index in [0.717, 1.165) is 11.4 Å². The Morgan fingerprint density at radius 3 is 2.40 bits per heavy atom. The normalized spacial score (nSPS) is 12.4. The second-order valence-corrected chi connectivity index (χ2v) is 5.87. The minimum absolute atomic E-state index is 0.891. The summed E-state index contributed by atoms with van der Waals surface area (Å²) in [6.07, 6.45) is 0. The first kappa shape index (κ1) is 11.7. The summed E-state index contributed by atoms with van der Waals surface area (Å²) < 4.78 is 5.30. The van der Waals surface area contributed by atoms with Gasteiger partial charge in [0.15, 0.2) is 0 Å². The Balaban J connectivity index is 1.85. The van der Waals surface area contributed by atoms with Gasteiger partial charge in [-0.25, -0.2) is 0 Å². The third kappa shape index (κ3) is 1.82. The van der Waals surface area contributed by atoms with Gasteiger partial charge in [0, 0.05) is 9.79 Å². The van der Waals surface area contributed by atoms with Crippen molar-refractivity contribution in [3.8, 4) is 5.75 Å². The third-order valence-electron chi connectivity index (χ3n) is 3.53. The van der Waals surface area contributed by atoms with Gasteiger partial charge >= 0.3 is 0 Å². The van der Waals surface area contributed by atoms with Crippen molar-refractivity contribution in [2.75, 3.05) is 12.4 Å². The topological polar surface area (TPSA) is 21.3 Å². The van der Waals surface area contributed by atoms with Crippen LogP contribution >= 0.6 is 11.8 Å². The molecule has 0 unspecified atom stereocenters. The second kappa shape index (κ2) is 4.46. The molecule has 1 aliphatic heterocycles. The van der Waals surface area contributed by atoms with Crippen LogP contribution in [0.3, 0.4) is 0 Å². The fourth-order valence-corrected chi connectivity index (χ4v) is 3.53. The summed E-state index contributed by atoms with van der Waals surface area (Å²) in [5.74, 6) is 0.891. The van der Waals surface area contributed by atoms with E-state index >= 15 is 0 Å². The molecule has 0 fully saturated rings. The van der Waals surface area contributed by atoms with Gasteiger partial charge < -0.3 is 10.1 Å². The molecule has 3 aromatic rings. The van der Waals surface area contributed by atoms with E-state index < -0.39 is 0 Å². The van der Waals surface area contributed by atoms with Crippen molar-refractivity contribution < 1.29 is 4.74 Å². The van der Waals surface area contributed by atoms with E-state index in [9.17, 15) is 0 Å². The summed E-state index contributed by atoms with van der Waals surface area (Å²) in [5.41, 5.74) is 2.31. The van der Waals surface area contributed by atoms with E-state index in [1.165, 1.54) is 26.3 Å². The lowest BCUT2D eigenvalue weighted by molar-refractivity contribution is 0.414. The van der Waals surface area contributed by atoms with Crippen LogP contribution in [0.5, 0.6) is 5.75 Å². The largest absolute Gasteiger partial charge is 0.497 e. The van der Waals surface area contributed by atoms with Crippen molar-refractivity contribution in [3.05, 3.63) is 54.6 Å². The number of benzene rings is 3. The second-order valence-electron chi connectivity index (χ2n) is 4.78. The number of hydrogen-bond acceptors (Lipinski definition) is 3. The summed E-state index contributed by atoms with van der Waals surface area (Å²) in [7, 11) is 1.70. The fourth-order valence-electron chi connectivity index (χ4n) is 2.48. The SMILES string of the molecule is COc1ccc2c(c1)Sc1cc3ccccc3cc1N2. The maximum atomic E-state index is 5.30. The first-order valence-corrected chi connectivity index (χ1v) is 7.31. The lowest BCUT2D eigenvalue weighted by atomic mass is 10.1. The van der Waals surface area contributed by atoms with E-state index in [1.54, 1.807) is 18.9 Å². The van der Waals surface area contributed by atoms with Crippen LogP contribution in [0.4, 0.5) is 11.4 Å². The molecular formula is C17H13NOS. The monoisotopic (exact) mass is 279 g/mol. The Labute approximate surface area is 121 Å². The first-order valence-electron chi connectivity index (χ1n) is 6.49. The molecule has 20 heavy (non-hydrogen) atoms. The number of anilines is 2. The molecule has 0 saturated heterocycles. The van der Waals surface area contributed by atoms with Crippen molar-refractivity contribution in [3.63, 3.8) is 0 Å². The van der Waals surface area contributed by atoms with Crippen LogP contribution in [-0.4, -0.2) is 7.11 Å². The molecule has 0 saturated carbocycles. The number of nitrogens with one attached hydrogen (secondary N) is 1. The lowest BCUT2D eigenvalue weighted by Gasteiger charge is -2.21. The van der Waals surface area contributed by atoms with Crippen LogP contribution in [0.1, 0.15) is 0 Å². The van der Waals surface area contributed by atoms with Crippen LogP contribution in [-0.2, 0) is 0 Å². The number of ether oxygens (including phenoxy) is 1. The molecule has 1 aliphatic rings. The molecule has 0 spiro atoms. The average molecular weight is 279 g/mol. The molecule has 0 bridgehead atoms. The molecule has 3 heteroatoms. The molecule has 4 rings (SSSR count). The highest BCUT2D eigenvalue weighted by atomic mass is 32.2. The predicted molar refractivity (Wildman–Crippen MR) is 84.3 cm³/mol. The quantitative estimate of drug-likeness (QED) is 0.526. The van der Waals surface area contributed by atoms with E-state index in [-0.39, 0.29) is 0 Å². The molecule has 0 aliphatic carbocycles. The Hall–Kier alpha value is -2.13. The van der Waals surface area contributed by atoms with Crippen molar-refractivity contribution >= 4 is 33.9 Å². The van der Waals surface area contributed by atoms with Crippen molar-refractivity contribution in [1.29, 1.82) is 0 Å². The van der Waals surface area contributed by atoms with Crippen LogP contribution in [0.15, 0.2) is 64.4 Å². The Bertz CT molecular complexity index is 813. The fraction of sp³-hybridized carbons (Fsp3) is 0.0588. The van der Waals surface area contributed by atoms with Gasteiger partial charge in [0.05, 0.1) is 18.5 Å². The number of hydrogen-bond donors (Lipinski definition) is 1. The van der Waals surface area contributed by atoms with E-state index in [1.807, 2.05) is 6.07 Å². The molecule has 0 amide bonds. The zero-order valence-electron chi connectivity index (χ0n) is 11.0. The zero-order chi connectivity index (χ0) is 13.5. The smallest absolute Gasteiger partial charge is 0.120 e. The van der Waals surface area contributed by atoms with Crippen LogP contribution < -0.4 is 10.1 Å². The summed E-state index contributed by atoms with van der Waals surface area (Å²) in [6, 6.07) is 19.0. The third-order valence-corrected chi connectivity index (χ3v) is 4.64. The summed E-state index contributed by atoms with van der Waals surface area (Å²) in [5, 5.41) is 6.04.